The summed E-state index contributed by atoms with van der Waals surface area (Å²) in [5, 5.41) is 0. The van der Waals surface area contributed by atoms with Crippen LogP contribution in [0.15, 0.2) is 18.5 Å². The Kier molecular flexibility index (Phi) is 2.65. The van der Waals surface area contributed by atoms with E-state index in [0.717, 1.165) is 11.3 Å². The van der Waals surface area contributed by atoms with Crippen LogP contribution in [-0.2, 0) is 0 Å². The number of methoxy groups -OCH3 is 1. The van der Waals surface area contributed by atoms with Crippen LogP contribution in [0.3, 0.4) is 0 Å². The Morgan fingerprint density at radius 3 is 3.00 bits per heavy atom. The molecule has 0 saturated heterocycles. The minimum atomic E-state index is 0.202. The maximum atomic E-state index is 5.54. The van der Waals surface area contributed by atoms with Crippen LogP contribution in [0.1, 0.15) is 24.4 Å². The Labute approximate surface area is 83.4 Å². The Morgan fingerprint density at radius 1 is 1.64 bits per heavy atom. The van der Waals surface area contributed by atoms with E-state index in [9.17, 15) is 0 Å². The van der Waals surface area contributed by atoms with E-state index in [1.807, 2.05) is 6.07 Å². The van der Waals surface area contributed by atoms with Crippen LogP contribution in [0.2, 0.25) is 0 Å². The fraction of sp³-hybridized carbons (Fsp3) is 0.500. The highest BCUT2D eigenvalue weighted by molar-refractivity contribution is 5.33. The molecule has 14 heavy (non-hydrogen) atoms. The first-order chi connectivity index (χ1) is 6.86. The van der Waals surface area contributed by atoms with E-state index < -0.39 is 0 Å². The lowest BCUT2D eigenvalue weighted by atomic mass is 10.0. The summed E-state index contributed by atoms with van der Waals surface area (Å²) in [5.74, 6) is 7.00. The van der Waals surface area contributed by atoms with Crippen molar-refractivity contribution in [1.29, 1.82) is 0 Å². The first-order valence-corrected chi connectivity index (χ1v) is 4.81. The predicted molar refractivity (Wildman–Crippen MR) is 53.6 cm³/mol. The van der Waals surface area contributed by atoms with Crippen molar-refractivity contribution in [2.24, 2.45) is 11.8 Å². The number of aromatic nitrogens is 1. The van der Waals surface area contributed by atoms with E-state index in [2.05, 4.69) is 10.4 Å². The summed E-state index contributed by atoms with van der Waals surface area (Å²) in [4.78, 5) is 4.02. The van der Waals surface area contributed by atoms with Crippen molar-refractivity contribution in [2.45, 2.75) is 18.9 Å². The van der Waals surface area contributed by atoms with Crippen molar-refractivity contribution in [3.8, 4) is 5.75 Å². The quantitative estimate of drug-likeness (QED) is 0.553. The van der Waals surface area contributed by atoms with Crippen LogP contribution in [0.5, 0.6) is 5.75 Å². The van der Waals surface area contributed by atoms with Crippen LogP contribution < -0.4 is 16.0 Å². The number of nitrogens with zero attached hydrogens (tertiary/aromatic N) is 1. The number of rotatable bonds is 4. The Hall–Kier alpha value is -1.13. The van der Waals surface area contributed by atoms with Crippen molar-refractivity contribution in [1.82, 2.24) is 10.4 Å². The zero-order chi connectivity index (χ0) is 9.97. The summed E-state index contributed by atoms with van der Waals surface area (Å²) in [6.07, 6.45) is 5.97. The number of hydrogen-bond acceptors (Lipinski definition) is 4. The summed E-state index contributed by atoms with van der Waals surface area (Å²) in [7, 11) is 1.65. The van der Waals surface area contributed by atoms with Crippen LogP contribution in [-0.4, -0.2) is 12.1 Å². The Balaban J connectivity index is 2.27. The molecular weight excluding hydrogens is 178 g/mol. The molecule has 1 aliphatic rings. The molecule has 1 heterocycles. The zero-order valence-electron chi connectivity index (χ0n) is 8.23. The van der Waals surface area contributed by atoms with E-state index in [1.165, 1.54) is 12.8 Å². The molecule has 1 fully saturated rings. The van der Waals surface area contributed by atoms with Crippen molar-refractivity contribution >= 4 is 0 Å². The largest absolute Gasteiger partial charge is 0.495 e. The minimum Gasteiger partial charge on any atom is -0.495 e. The van der Waals surface area contributed by atoms with Crippen molar-refractivity contribution < 1.29 is 4.74 Å². The molecule has 1 aliphatic carbocycles. The SMILES string of the molecule is COc1cnccc1C(NN)C1CC1. The standard InChI is InChI=1S/C10H15N3O/c1-14-9-6-12-5-4-8(9)10(13-11)7-2-3-7/h4-7,10,13H,2-3,11H2,1H3. The second kappa shape index (κ2) is 3.94. The fourth-order valence-corrected chi connectivity index (χ4v) is 1.73. The molecule has 0 radical (unpaired) electrons. The second-order valence-electron chi connectivity index (χ2n) is 3.60. The minimum absolute atomic E-state index is 0.202. The van der Waals surface area contributed by atoms with Crippen LogP contribution in [0.4, 0.5) is 0 Å². The van der Waals surface area contributed by atoms with Crippen molar-refractivity contribution in [3.63, 3.8) is 0 Å². The third kappa shape index (κ3) is 1.71. The van der Waals surface area contributed by atoms with E-state index in [4.69, 9.17) is 10.6 Å². The lowest BCUT2D eigenvalue weighted by Crippen LogP contribution is -2.29. The summed E-state index contributed by atoms with van der Waals surface area (Å²) >= 11 is 0. The molecule has 2 rings (SSSR count). The van der Waals surface area contributed by atoms with Gasteiger partial charge in [0.2, 0.25) is 0 Å². The van der Waals surface area contributed by atoms with Crippen molar-refractivity contribution in [3.05, 3.63) is 24.0 Å². The van der Waals surface area contributed by atoms with E-state index in [1.54, 1.807) is 19.5 Å². The van der Waals surface area contributed by atoms with Gasteiger partial charge < -0.3 is 4.74 Å². The number of nitrogens with one attached hydrogen (secondary N) is 1. The van der Waals surface area contributed by atoms with Gasteiger partial charge in [-0.05, 0) is 24.8 Å². The average molecular weight is 193 g/mol. The van der Waals surface area contributed by atoms with Crippen LogP contribution in [0, 0.1) is 5.92 Å². The second-order valence-corrected chi connectivity index (χ2v) is 3.60. The molecule has 0 amide bonds. The molecular formula is C10H15N3O. The van der Waals surface area contributed by atoms with Gasteiger partial charge in [0.25, 0.3) is 0 Å². The van der Waals surface area contributed by atoms with Gasteiger partial charge in [-0.3, -0.25) is 16.3 Å². The maximum absolute atomic E-state index is 5.54. The molecule has 0 bridgehead atoms. The molecule has 4 nitrogen and oxygen atoms in total. The normalized spacial score (nSPS) is 17.9. The monoisotopic (exact) mass is 193 g/mol. The number of hydrazine groups is 1. The third-order valence-electron chi connectivity index (χ3n) is 2.64. The highest BCUT2D eigenvalue weighted by Crippen LogP contribution is 2.42. The van der Waals surface area contributed by atoms with Crippen LogP contribution >= 0.6 is 0 Å². The first kappa shape index (κ1) is 9.43. The number of ether oxygens (including phenoxy) is 1. The maximum Gasteiger partial charge on any atom is 0.141 e. The van der Waals surface area contributed by atoms with Gasteiger partial charge in [0.1, 0.15) is 5.75 Å². The van der Waals surface area contributed by atoms with Gasteiger partial charge in [0, 0.05) is 11.8 Å². The van der Waals surface area contributed by atoms with Gasteiger partial charge in [-0.1, -0.05) is 0 Å². The molecule has 0 aromatic carbocycles. The molecule has 1 aromatic heterocycles. The third-order valence-corrected chi connectivity index (χ3v) is 2.64. The number of nitrogens with two attached hydrogens (primary N) is 1. The summed E-state index contributed by atoms with van der Waals surface area (Å²) < 4.78 is 5.25. The summed E-state index contributed by atoms with van der Waals surface area (Å²) in [6.45, 7) is 0. The topological polar surface area (TPSA) is 60.2 Å². The van der Waals surface area contributed by atoms with Gasteiger partial charge in [0.15, 0.2) is 0 Å². The average Bonchev–Trinajstić information content (AvgIpc) is 3.04. The highest BCUT2D eigenvalue weighted by atomic mass is 16.5. The smallest absolute Gasteiger partial charge is 0.141 e. The Morgan fingerprint density at radius 2 is 2.43 bits per heavy atom. The molecule has 4 heteroatoms. The molecule has 76 valence electrons. The number of hydrogen-bond donors (Lipinski definition) is 2. The highest BCUT2D eigenvalue weighted by Gasteiger charge is 2.33. The zero-order valence-corrected chi connectivity index (χ0v) is 8.23. The predicted octanol–water partition coefficient (Wildman–Crippen LogP) is 1.00. The van der Waals surface area contributed by atoms with Crippen molar-refractivity contribution in [2.75, 3.05) is 7.11 Å². The Bertz CT molecular complexity index is 312. The van der Waals surface area contributed by atoms with Crippen LogP contribution in [0.25, 0.3) is 0 Å². The fourth-order valence-electron chi connectivity index (χ4n) is 1.73. The molecule has 1 unspecified atom stereocenters. The lowest BCUT2D eigenvalue weighted by molar-refractivity contribution is 0.390. The van der Waals surface area contributed by atoms with Gasteiger partial charge in [0.05, 0.1) is 19.3 Å². The summed E-state index contributed by atoms with van der Waals surface area (Å²) in [5.41, 5.74) is 3.95. The first-order valence-electron chi connectivity index (χ1n) is 4.81. The molecule has 0 spiro atoms. The van der Waals surface area contributed by atoms with E-state index in [-0.39, 0.29) is 6.04 Å². The molecule has 1 aromatic rings. The van der Waals surface area contributed by atoms with Gasteiger partial charge in [-0.25, -0.2) is 0 Å². The van der Waals surface area contributed by atoms with E-state index in [0.29, 0.717) is 5.92 Å². The van der Waals surface area contributed by atoms with Gasteiger partial charge in [-0.2, -0.15) is 0 Å². The molecule has 3 N–H and O–H groups in total. The molecule has 0 aliphatic heterocycles. The van der Waals surface area contributed by atoms with Gasteiger partial charge in [-0.15, -0.1) is 0 Å². The molecule has 1 atom stereocenters. The summed E-state index contributed by atoms with van der Waals surface area (Å²) in [6, 6.07) is 2.16. The lowest BCUT2D eigenvalue weighted by Gasteiger charge is -2.17. The number of pyridine rings is 1. The molecule has 1 saturated carbocycles. The van der Waals surface area contributed by atoms with Gasteiger partial charge >= 0.3 is 0 Å². The van der Waals surface area contributed by atoms with E-state index >= 15 is 0 Å².